The highest BCUT2D eigenvalue weighted by Gasteiger charge is 2.18. The summed E-state index contributed by atoms with van der Waals surface area (Å²) in [7, 11) is 0. The highest BCUT2D eigenvalue weighted by atomic mass is 35.5. The third kappa shape index (κ3) is 4.56. The first kappa shape index (κ1) is 15.4. The molecule has 1 rings (SSSR count). The summed E-state index contributed by atoms with van der Waals surface area (Å²) in [4.78, 5) is 0. The number of rotatable bonds is 7. The molecule has 2 N–H and O–H groups in total. The monoisotopic (exact) mass is 273 g/mol. The van der Waals surface area contributed by atoms with Gasteiger partial charge in [-0.2, -0.15) is 0 Å². The van der Waals surface area contributed by atoms with E-state index in [2.05, 4.69) is 6.92 Å². The summed E-state index contributed by atoms with van der Waals surface area (Å²) in [6.07, 6.45) is 2.57. The maximum absolute atomic E-state index is 13.3. The van der Waals surface area contributed by atoms with Crippen LogP contribution in [0, 0.1) is 5.82 Å². The molecule has 18 heavy (non-hydrogen) atoms. The standard InChI is InChI=1S/C14H21ClFNO/c1-3-5-14(18-4-2)13(17)9-10-6-7-11(15)12(16)8-10/h6-8,13-14H,3-5,9,17H2,1-2H3. The van der Waals surface area contributed by atoms with Crippen LogP contribution in [-0.4, -0.2) is 18.8 Å². The Morgan fingerprint density at radius 3 is 2.67 bits per heavy atom. The van der Waals surface area contributed by atoms with Gasteiger partial charge in [0.05, 0.1) is 11.1 Å². The van der Waals surface area contributed by atoms with E-state index in [0.717, 1.165) is 18.4 Å². The average Bonchev–Trinajstić information content (AvgIpc) is 2.33. The average molecular weight is 274 g/mol. The maximum atomic E-state index is 13.3. The molecule has 0 aromatic heterocycles. The van der Waals surface area contributed by atoms with Crippen molar-refractivity contribution in [2.24, 2.45) is 5.73 Å². The van der Waals surface area contributed by atoms with Crippen molar-refractivity contribution in [2.75, 3.05) is 6.61 Å². The van der Waals surface area contributed by atoms with Crippen molar-refractivity contribution < 1.29 is 9.13 Å². The minimum Gasteiger partial charge on any atom is -0.377 e. The molecule has 1 aromatic carbocycles. The fourth-order valence-electron chi connectivity index (χ4n) is 1.99. The Labute approximate surface area is 113 Å². The van der Waals surface area contributed by atoms with Crippen molar-refractivity contribution in [3.8, 4) is 0 Å². The maximum Gasteiger partial charge on any atom is 0.142 e. The first-order valence-corrected chi connectivity index (χ1v) is 6.77. The normalized spacial score (nSPS) is 14.5. The predicted octanol–water partition coefficient (Wildman–Crippen LogP) is 3.55. The van der Waals surface area contributed by atoms with Gasteiger partial charge >= 0.3 is 0 Å². The van der Waals surface area contributed by atoms with E-state index in [-0.39, 0.29) is 17.2 Å². The van der Waals surface area contributed by atoms with Gasteiger partial charge in [-0.1, -0.05) is 31.0 Å². The van der Waals surface area contributed by atoms with Gasteiger partial charge in [-0.3, -0.25) is 0 Å². The quantitative estimate of drug-likeness (QED) is 0.824. The molecule has 0 saturated heterocycles. The summed E-state index contributed by atoms with van der Waals surface area (Å²) in [5, 5.41) is 0.141. The van der Waals surface area contributed by atoms with Crippen molar-refractivity contribution in [3.05, 3.63) is 34.6 Å². The van der Waals surface area contributed by atoms with Crippen LogP contribution in [0.2, 0.25) is 5.02 Å². The lowest BCUT2D eigenvalue weighted by Crippen LogP contribution is -2.38. The van der Waals surface area contributed by atoms with E-state index in [1.54, 1.807) is 12.1 Å². The molecule has 0 amide bonds. The number of benzene rings is 1. The first-order chi connectivity index (χ1) is 8.58. The highest BCUT2D eigenvalue weighted by molar-refractivity contribution is 6.30. The van der Waals surface area contributed by atoms with Crippen LogP contribution in [0.15, 0.2) is 18.2 Å². The van der Waals surface area contributed by atoms with Crippen LogP contribution in [0.25, 0.3) is 0 Å². The Hall–Kier alpha value is -0.640. The molecule has 0 spiro atoms. The lowest BCUT2D eigenvalue weighted by molar-refractivity contribution is 0.0378. The lowest BCUT2D eigenvalue weighted by atomic mass is 9.99. The summed E-state index contributed by atoms with van der Waals surface area (Å²) < 4.78 is 18.9. The molecule has 2 nitrogen and oxygen atoms in total. The number of ether oxygens (including phenoxy) is 1. The second-order valence-corrected chi connectivity index (χ2v) is 4.81. The Kier molecular flexibility index (Phi) is 6.61. The number of hydrogen-bond acceptors (Lipinski definition) is 2. The molecule has 0 aliphatic heterocycles. The molecular formula is C14H21ClFNO. The summed E-state index contributed by atoms with van der Waals surface area (Å²) >= 11 is 5.65. The first-order valence-electron chi connectivity index (χ1n) is 6.39. The number of hydrogen-bond donors (Lipinski definition) is 1. The van der Waals surface area contributed by atoms with Crippen LogP contribution in [0.3, 0.4) is 0 Å². The molecule has 0 saturated carbocycles. The number of nitrogens with two attached hydrogens (primary N) is 1. The van der Waals surface area contributed by atoms with Crippen molar-refractivity contribution >= 4 is 11.6 Å². The molecule has 1 aromatic rings. The second-order valence-electron chi connectivity index (χ2n) is 4.40. The van der Waals surface area contributed by atoms with E-state index in [4.69, 9.17) is 22.1 Å². The Morgan fingerprint density at radius 1 is 1.39 bits per heavy atom. The minimum absolute atomic E-state index is 0.0266. The number of halogens is 2. The Morgan fingerprint density at radius 2 is 2.11 bits per heavy atom. The van der Waals surface area contributed by atoms with Gasteiger partial charge in [0.25, 0.3) is 0 Å². The zero-order chi connectivity index (χ0) is 13.5. The van der Waals surface area contributed by atoms with Crippen LogP contribution in [0.4, 0.5) is 4.39 Å². The molecule has 0 fully saturated rings. The van der Waals surface area contributed by atoms with Gasteiger partial charge in [-0.15, -0.1) is 0 Å². The Balaban J connectivity index is 2.66. The van der Waals surface area contributed by atoms with E-state index in [1.165, 1.54) is 6.07 Å². The molecule has 2 unspecified atom stereocenters. The van der Waals surface area contributed by atoms with Gasteiger partial charge in [0.2, 0.25) is 0 Å². The van der Waals surface area contributed by atoms with Crippen molar-refractivity contribution in [1.82, 2.24) is 0 Å². The molecule has 2 atom stereocenters. The summed E-state index contributed by atoms with van der Waals surface area (Å²) in [5.74, 6) is -0.398. The molecular weight excluding hydrogens is 253 g/mol. The predicted molar refractivity (Wildman–Crippen MR) is 73.4 cm³/mol. The van der Waals surface area contributed by atoms with Crippen molar-refractivity contribution in [2.45, 2.75) is 45.3 Å². The molecule has 0 heterocycles. The van der Waals surface area contributed by atoms with Crippen molar-refractivity contribution in [1.29, 1.82) is 0 Å². The molecule has 0 radical (unpaired) electrons. The van der Waals surface area contributed by atoms with Gasteiger partial charge in [0.1, 0.15) is 5.82 Å². The highest BCUT2D eigenvalue weighted by Crippen LogP contribution is 2.18. The van der Waals surface area contributed by atoms with E-state index < -0.39 is 5.82 Å². The largest absolute Gasteiger partial charge is 0.377 e. The zero-order valence-corrected chi connectivity index (χ0v) is 11.7. The van der Waals surface area contributed by atoms with Crippen LogP contribution in [0.1, 0.15) is 32.3 Å². The van der Waals surface area contributed by atoms with Crippen LogP contribution in [0.5, 0.6) is 0 Å². The molecule has 0 aliphatic carbocycles. The SMILES string of the molecule is CCCC(OCC)C(N)Cc1ccc(Cl)c(F)c1. The van der Waals surface area contributed by atoms with Crippen LogP contribution in [-0.2, 0) is 11.2 Å². The fourth-order valence-corrected chi connectivity index (χ4v) is 2.11. The zero-order valence-electron chi connectivity index (χ0n) is 11.0. The summed E-state index contributed by atoms with van der Waals surface area (Å²) in [6, 6.07) is 4.69. The van der Waals surface area contributed by atoms with E-state index in [9.17, 15) is 4.39 Å². The van der Waals surface area contributed by atoms with Crippen LogP contribution < -0.4 is 5.73 Å². The summed E-state index contributed by atoms with van der Waals surface area (Å²) in [5.41, 5.74) is 6.98. The van der Waals surface area contributed by atoms with E-state index in [1.807, 2.05) is 6.92 Å². The Bertz CT molecular complexity index is 367. The van der Waals surface area contributed by atoms with Gasteiger partial charge in [0.15, 0.2) is 0 Å². The van der Waals surface area contributed by atoms with Crippen molar-refractivity contribution in [3.63, 3.8) is 0 Å². The van der Waals surface area contributed by atoms with E-state index in [0.29, 0.717) is 13.0 Å². The topological polar surface area (TPSA) is 35.2 Å². The van der Waals surface area contributed by atoms with Gasteiger partial charge in [0, 0.05) is 12.6 Å². The summed E-state index contributed by atoms with van der Waals surface area (Å²) in [6.45, 7) is 4.70. The fraction of sp³-hybridized carbons (Fsp3) is 0.571. The second kappa shape index (κ2) is 7.72. The van der Waals surface area contributed by atoms with Gasteiger partial charge in [-0.05, 0) is 37.5 Å². The lowest BCUT2D eigenvalue weighted by Gasteiger charge is -2.23. The van der Waals surface area contributed by atoms with Crippen LogP contribution >= 0.6 is 11.6 Å². The smallest absolute Gasteiger partial charge is 0.142 e. The van der Waals surface area contributed by atoms with Gasteiger partial charge in [-0.25, -0.2) is 4.39 Å². The molecule has 0 bridgehead atoms. The molecule has 0 aliphatic rings. The molecule has 102 valence electrons. The van der Waals surface area contributed by atoms with E-state index >= 15 is 0 Å². The minimum atomic E-state index is -0.398. The third-order valence-corrected chi connectivity index (χ3v) is 3.19. The third-order valence-electron chi connectivity index (χ3n) is 2.89. The molecule has 4 heteroatoms. The van der Waals surface area contributed by atoms with Gasteiger partial charge < -0.3 is 10.5 Å².